The van der Waals surface area contributed by atoms with Crippen molar-refractivity contribution in [3.05, 3.63) is 23.8 Å². The molecule has 5 heteroatoms. The second kappa shape index (κ2) is 5.93. The molecule has 0 aromatic heterocycles. The number of benzene rings is 1. The van der Waals surface area contributed by atoms with Crippen molar-refractivity contribution in [3.63, 3.8) is 0 Å². The van der Waals surface area contributed by atoms with Gasteiger partial charge in [0.15, 0.2) is 0 Å². The zero-order chi connectivity index (χ0) is 13.8. The third-order valence-electron chi connectivity index (χ3n) is 3.29. The van der Waals surface area contributed by atoms with Crippen LogP contribution in [0.1, 0.15) is 30.1 Å². The molecule has 0 heterocycles. The van der Waals surface area contributed by atoms with Crippen LogP contribution in [-0.4, -0.2) is 30.2 Å². The summed E-state index contributed by atoms with van der Waals surface area (Å²) in [5.41, 5.74) is 7.57. The van der Waals surface area contributed by atoms with Crippen molar-refractivity contribution < 1.29 is 9.90 Å². The van der Waals surface area contributed by atoms with E-state index < -0.39 is 0 Å². The summed E-state index contributed by atoms with van der Waals surface area (Å²) in [6.07, 6.45) is 1.81. The van der Waals surface area contributed by atoms with Crippen molar-refractivity contribution in [2.75, 3.05) is 24.1 Å². The molecular formula is C14H21N3O2. The number of nitrogen functional groups attached to an aromatic ring is 1. The van der Waals surface area contributed by atoms with E-state index in [2.05, 4.69) is 10.6 Å². The van der Waals surface area contributed by atoms with Crippen LogP contribution >= 0.6 is 0 Å². The van der Waals surface area contributed by atoms with E-state index in [0.29, 0.717) is 35.9 Å². The molecular weight excluding hydrogens is 242 g/mol. The number of hydrogen-bond donors (Lipinski definition) is 4. The van der Waals surface area contributed by atoms with Crippen LogP contribution in [0.5, 0.6) is 0 Å². The monoisotopic (exact) mass is 263 g/mol. The van der Waals surface area contributed by atoms with Gasteiger partial charge in [0.25, 0.3) is 5.91 Å². The van der Waals surface area contributed by atoms with Crippen molar-refractivity contribution in [2.45, 2.75) is 25.9 Å². The van der Waals surface area contributed by atoms with Gasteiger partial charge >= 0.3 is 0 Å². The van der Waals surface area contributed by atoms with Gasteiger partial charge in [-0.3, -0.25) is 4.79 Å². The Labute approximate surface area is 113 Å². The van der Waals surface area contributed by atoms with Crippen molar-refractivity contribution in [1.29, 1.82) is 0 Å². The second-order valence-electron chi connectivity index (χ2n) is 4.95. The first-order valence-corrected chi connectivity index (χ1v) is 6.71. The van der Waals surface area contributed by atoms with Crippen molar-refractivity contribution in [3.8, 4) is 0 Å². The van der Waals surface area contributed by atoms with Crippen LogP contribution in [0.2, 0.25) is 0 Å². The predicted molar refractivity (Wildman–Crippen MR) is 76.1 cm³/mol. The number of nitrogens with one attached hydrogen (secondary N) is 2. The number of rotatable bonds is 6. The molecule has 0 saturated heterocycles. The fourth-order valence-electron chi connectivity index (χ4n) is 2.02. The largest absolute Gasteiger partial charge is 0.399 e. The molecule has 0 aliphatic heterocycles. The zero-order valence-corrected chi connectivity index (χ0v) is 11.1. The molecule has 1 aromatic rings. The Morgan fingerprint density at radius 1 is 1.53 bits per heavy atom. The first kappa shape index (κ1) is 13.7. The lowest BCUT2D eigenvalue weighted by molar-refractivity contribution is 0.0956. The van der Waals surface area contributed by atoms with Gasteiger partial charge in [-0.05, 0) is 43.9 Å². The van der Waals surface area contributed by atoms with Crippen LogP contribution in [-0.2, 0) is 0 Å². The number of aliphatic hydroxyl groups is 1. The highest BCUT2D eigenvalue weighted by Crippen LogP contribution is 2.32. The molecule has 104 valence electrons. The first-order valence-electron chi connectivity index (χ1n) is 6.71. The molecule has 19 heavy (non-hydrogen) atoms. The average Bonchev–Trinajstić information content (AvgIpc) is 3.20. The van der Waals surface area contributed by atoms with Gasteiger partial charge in [0.2, 0.25) is 0 Å². The van der Waals surface area contributed by atoms with Crippen LogP contribution in [0.4, 0.5) is 11.4 Å². The summed E-state index contributed by atoms with van der Waals surface area (Å²) in [5, 5.41) is 15.7. The molecule has 1 aromatic carbocycles. The Morgan fingerprint density at radius 3 is 2.89 bits per heavy atom. The topological polar surface area (TPSA) is 87.4 Å². The lowest BCUT2D eigenvalue weighted by Gasteiger charge is -2.15. The Hall–Kier alpha value is -1.75. The summed E-state index contributed by atoms with van der Waals surface area (Å²) in [6, 6.07) is 5.13. The summed E-state index contributed by atoms with van der Waals surface area (Å²) in [6.45, 7) is 2.90. The zero-order valence-electron chi connectivity index (χ0n) is 11.1. The minimum Gasteiger partial charge on any atom is -0.399 e. The van der Waals surface area contributed by atoms with Crippen LogP contribution in [0, 0.1) is 5.92 Å². The van der Waals surface area contributed by atoms with Crippen molar-refractivity contribution in [2.24, 2.45) is 5.92 Å². The van der Waals surface area contributed by atoms with Gasteiger partial charge < -0.3 is 21.5 Å². The Bertz CT molecular complexity index is 458. The van der Waals surface area contributed by atoms with E-state index in [1.807, 2.05) is 6.92 Å². The molecule has 1 unspecified atom stereocenters. The van der Waals surface area contributed by atoms with Gasteiger partial charge in [-0.2, -0.15) is 0 Å². The van der Waals surface area contributed by atoms with E-state index >= 15 is 0 Å². The molecule has 5 N–H and O–H groups in total. The number of hydrogen-bond acceptors (Lipinski definition) is 4. The summed E-state index contributed by atoms with van der Waals surface area (Å²) in [5.74, 6) is 0.271. The van der Waals surface area contributed by atoms with Gasteiger partial charge in [0.05, 0.1) is 11.7 Å². The fraction of sp³-hybridized carbons (Fsp3) is 0.500. The van der Waals surface area contributed by atoms with E-state index in [9.17, 15) is 9.90 Å². The molecule has 5 nitrogen and oxygen atoms in total. The SMILES string of the molecule is CCNC(=O)c1ccc(N)cc1NCC(O)C1CC1. The van der Waals surface area contributed by atoms with Gasteiger partial charge in [0.1, 0.15) is 0 Å². The highest BCUT2D eigenvalue weighted by atomic mass is 16.3. The smallest absolute Gasteiger partial charge is 0.253 e. The van der Waals surface area contributed by atoms with Crippen LogP contribution in [0.3, 0.4) is 0 Å². The number of amides is 1. The molecule has 2 rings (SSSR count). The Kier molecular flexibility index (Phi) is 4.27. The summed E-state index contributed by atoms with van der Waals surface area (Å²) in [7, 11) is 0. The normalized spacial score (nSPS) is 15.9. The van der Waals surface area contributed by atoms with Crippen molar-refractivity contribution in [1.82, 2.24) is 5.32 Å². The minimum absolute atomic E-state index is 0.133. The molecule has 0 bridgehead atoms. The maximum absolute atomic E-state index is 11.9. The minimum atomic E-state index is -0.358. The fourth-order valence-corrected chi connectivity index (χ4v) is 2.02. The number of anilines is 2. The van der Waals surface area contributed by atoms with Crippen molar-refractivity contribution >= 4 is 17.3 Å². The molecule has 1 fully saturated rings. The molecule has 1 amide bonds. The Morgan fingerprint density at radius 2 is 2.26 bits per heavy atom. The van der Waals surface area contributed by atoms with Gasteiger partial charge in [-0.25, -0.2) is 0 Å². The summed E-state index contributed by atoms with van der Waals surface area (Å²) < 4.78 is 0. The molecule has 1 aliphatic carbocycles. The summed E-state index contributed by atoms with van der Waals surface area (Å²) >= 11 is 0. The van der Waals surface area contributed by atoms with Crippen LogP contribution in [0.25, 0.3) is 0 Å². The third kappa shape index (κ3) is 3.61. The van der Waals surface area contributed by atoms with E-state index in [1.54, 1.807) is 18.2 Å². The predicted octanol–water partition coefficient (Wildman–Crippen LogP) is 1.20. The van der Waals surface area contributed by atoms with E-state index in [0.717, 1.165) is 12.8 Å². The second-order valence-corrected chi connectivity index (χ2v) is 4.95. The molecule has 0 spiro atoms. The maximum Gasteiger partial charge on any atom is 0.253 e. The van der Waals surface area contributed by atoms with Crippen LogP contribution < -0.4 is 16.4 Å². The van der Waals surface area contributed by atoms with Crippen LogP contribution in [0.15, 0.2) is 18.2 Å². The van der Waals surface area contributed by atoms with E-state index in [4.69, 9.17) is 5.73 Å². The van der Waals surface area contributed by atoms with E-state index in [1.165, 1.54) is 0 Å². The average molecular weight is 263 g/mol. The third-order valence-corrected chi connectivity index (χ3v) is 3.29. The van der Waals surface area contributed by atoms with E-state index in [-0.39, 0.29) is 12.0 Å². The lowest BCUT2D eigenvalue weighted by Crippen LogP contribution is -2.26. The molecule has 1 atom stereocenters. The number of nitrogens with two attached hydrogens (primary N) is 1. The maximum atomic E-state index is 11.9. The number of carbonyl (C=O) groups excluding carboxylic acids is 1. The lowest BCUT2D eigenvalue weighted by atomic mass is 10.1. The van der Waals surface area contributed by atoms with Gasteiger partial charge in [0, 0.05) is 24.5 Å². The first-order chi connectivity index (χ1) is 9.11. The summed E-state index contributed by atoms with van der Waals surface area (Å²) in [4.78, 5) is 11.9. The molecule has 0 radical (unpaired) electrons. The quantitative estimate of drug-likeness (QED) is 0.581. The van der Waals surface area contributed by atoms with Gasteiger partial charge in [-0.15, -0.1) is 0 Å². The number of aliphatic hydroxyl groups excluding tert-OH is 1. The Balaban J connectivity index is 2.07. The molecule has 1 saturated carbocycles. The highest BCUT2D eigenvalue weighted by molar-refractivity contribution is 6.00. The van der Waals surface area contributed by atoms with Gasteiger partial charge in [-0.1, -0.05) is 0 Å². The number of carbonyl (C=O) groups is 1. The highest BCUT2D eigenvalue weighted by Gasteiger charge is 2.29. The standard InChI is InChI=1S/C14H21N3O2/c1-2-16-14(19)11-6-5-10(15)7-12(11)17-8-13(18)9-3-4-9/h5-7,9,13,17-18H,2-4,8,15H2,1H3,(H,16,19). The molecule has 1 aliphatic rings.